The van der Waals surface area contributed by atoms with Crippen molar-refractivity contribution in [2.75, 3.05) is 14.2 Å². The number of benzene rings is 2. The minimum Gasteiger partial charge on any atom is -0.497 e. The number of fused-ring (bicyclic) bond motifs is 1. The summed E-state index contributed by atoms with van der Waals surface area (Å²) < 4.78 is 23.9. The summed E-state index contributed by atoms with van der Waals surface area (Å²) >= 11 is 0. The molecule has 31 heavy (non-hydrogen) atoms. The van der Waals surface area contributed by atoms with Crippen molar-refractivity contribution in [3.8, 4) is 34.5 Å². The molecule has 1 atom stereocenters. The maximum Gasteiger partial charge on any atom is 0.258 e. The smallest absolute Gasteiger partial charge is 0.258 e. The van der Waals surface area contributed by atoms with Crippen molar-refractivity contribution < 1.29 is 18.7 Å². The molecule has 1 aliphatic rings. The van der Waals surface area contributed by atoms with Crippen LogP contribution in [-0.2, 0) is 17.9 Å². The van der Waals surface area contributed by atoms with Gasteiger partial charge < -0.3 is 18.7 Å². The Hall–Kier alpha value is -3.72. The van der Waals surface area contributed by atoms with Crippen molar-refractivity contribution in [3.05, 3.63) is 59.3 Å². The molecule has 3 heterocycles. The molecule has 0 spiro atoms. The first-order valence-electron chi connectivity index (χ1n) is 9.83. The normalized spacial score (nSPS) is 15.5. The molecule has 158 valence electrons. The summed E-state index contributed by atoms with van der Waals surface area (Å²) in [6, 6.07) is 13.5. The fraction of sp³-hybridized carbons (Fsp3) is 0.273. The average Bonchev–Trinajstić information content (AvgIpc) is 3.45. The van der Waals surface area contributed by atoms with Crippen LogP contribution in [0.25, 0.3) is 23.0 Å². The summed E-state index contributed by atoms with van der Waals surface area (Å²) in [7, 11) is 3.28. The lowest BCUT2D eigenvalue weighted by atomic mass is 10.1. The van der Waals surface area contributed by atoms with E-state index in [2.05, 4.69) is 20.5 Å². The Morgan fingerprint density at radius 3 is 2.55 bits per heavy atom. The van der Waals surface area contributed by atoms with Crippen molar-refractivity contribution in [3.63, 3.8) is 0 Å². The summed E-state index contributed by atoms with van der Waals surface area (Å²) in [5, 5.41) is 12.7. The predicted molar refractivity (Wildman–Crippen MR) is 111 cm³/mol. The molecule has 0 fully saturated rings. The molecule has 0 unspecified atom stereocenters. The van der Waals surface area contributed by atoms with E-state index in [0.29, 0.717) is 30.6 Å². The van der Waals surface area contributed by atoms with Crippen LogP contribution in [-0.4, -0.2) is 39.4 Å². The summed E-state index contributed by atoms with van der Waals surface area (Å²) in [4.78, 5) is 4.54. The maximum atomic E-state index is 6.08. The molecule has 0 bridgehead atoms. The Labute approximate surface area is 178 Å². The van der Waals surface area contributed by atoms with E-state index >= 15 is 0 Å². The minimum absolute atomic E-state index is 0.115. The Bertz CT molecular complexity index is 1220. The minimum atomic E-state index is -0.115. The molecule has 2 aromatic heterocycles. The number of methoxy groups -OCH3 is 2. The molecule has 4 aromatic rings. The van der Waals surface area contributed by atoms with Gasteiger partial charge in [-0.15, -0.1) is 5.10 Å². The first-order valence-corrected chi connectivity index (χ1v) is 9.83. The third-order valence-corrected chi connectivity index (χ3v) is 5.39. The van der Waals surface area contributed by atoms with Crippen LogP contribution in [0.4, 0.5) is 0 Å². The lowest BCUT2D eigenvalue weighted by Crippen LogP contribution is -2.22. The topological polar surface area (TPSA) is 97.3 Å². The van der Waals surface area contributed by atoms with Crippen molar-refractivity contribution in [2.45, 2.75) is 26.2 Å². The number of aromatic nitrogens is 5. The molecule has 0 amide bonds. The predicted octanol–water partition coefficient (Wildman–Crippen LogP) is 3.59. The van der Waals surface area contributed by atoms with Crippen molar-refractivity contribution >= 4 is 0 Å². The zero-order valence-corrected chi connectivity index (χ0v) is 17.4. The molecule has 9 nitrogen and oxygen atoms in total. The highest BCUT2D eigenvalue weighted by molar-refractivity contribution is 5.62. The van der Waals surface area contributed by atoms with Gasteiger partial charge in [0.05, 0.1) is 33.1 Å². The second-order valence-corrected chi connectivity index (χ2v) is 7.24. The summed E-state index contributed by atoms with van der Waals surface area (Å²) in [5.41, 5.74) is 4.26. The molecule has 5 rings (SSSR count). The number of rotatable bonds is 5. The van der Waals surface area contributed by atoms with E-state index in [-0.39, 0.29) is 6.10 Å². The maximum absolute atomic E-state index is 6.08. The van der Waals surface area contributed by atoms with E-state index in [1.807, 2.05) is 54.1 Å². The van der Waals surface area contributed by atoms with Crippen LogP contribution in [0.3, 0.4) is 0 Å². The third kappa shape index (κ3) is 3.53. The fourth-order valence-corrected chi connectivity index (χ4v) is 3.64. The van der Waals surface area contributed by atoms with Gasteiger partial charge in [0.25, 0.3) is 5.89 Å². The molecule has 2 aromatic carbocycles. The van der Waals surface area contributed by atoms with Crippen molar-refractivity contribution in [1.82, 2.24) is 25.1 Å². The van der Waals surface area contributed by atoms with Gasteiger partial charge in [-0.05, 0) is 48.4 Å². The number of nitrogens with zero attached hydrogens (tertiary/aromatic N) is 5. The van der Waals surface area contributed by atoms with Gasteiger partial charge in [-0.1, -0.05) is 22.5 Å². The van der Waals surface area contributed by atoms with Gasteiger partial charge in [0.15, 0.2) is 5.69 Å². The van der Waals surface area contributed by atoms with E-state index in [4.69, 9.17) is 18.7 Å². The SMILES string of the molecule is COc1ccc([C@H]2Cn3nnc(-c4noc(-c5ccc(OC)cc5C)n4)c3CO2)cc1. The summed E-state index contributed by atoms with van der Waals surface area (Å²) in [6.45, 7) is 2.87. The quantitative estimate of drug-likeness (QED) is 0.484. The van der Waals surface area contributed by atoms with Crippen molar-refractivity contribution in [1.29, 1.82) is 0 Å². The molecular formula is C22H21N5O4. The van der Waals surface area contributed by atoms with Crippen molar-refractivity contribution in [2.24, 2.45) is 0 Å². The van der Waals surface area contributed by atoms with E-state index in [0.717, 1.165) is 33.9 Å². The highest BCUT2D eigenvalue weighted by Crippen LogP contribution is 2.32. The number of aryl methyl sites for hydroxylation is 1. The number of hydrogen-bond acceptors (Lipinski definition) is 8. The molecule has 9 heteroatoms. The van der Waals surface area contributed by atoms with E-state index in [1.54, 1.807) is 14.2 Å². The van der Waals surface area contributed by atoms with Crippen LogP contribution in [0.15, 0.2) is 47.0 Å². The highest BCUT2D eigenvalue weighted by atomic mass is 16.5. The Morgan fingerprint density at radius 1 is 1.03 bits per heavy atom. The van der Waals surface area contributed by atoms with Crippen LogP contribution >= 0.6 is 0 Å². The molecule has 0 aliphatic carbocycles. The first-order chi connectivity index (χ1) is 15.2. The van der Waals surface area contributed by atoms with Gasteiger partial charge in [0, 0.05) is 5.56 Å². The summed E-state index contributed by atoms with van der Waals surface area (Å²) in [6.07, 6.45) is -0.115. The highest BCUT2D eigenvalue weighted by Gasteiger charge is 2.28. The molecule has 0 saturated carbocycles. The first kappa shape index (κ1) is 19.3. The second-order valence-electron chi connectivity index (χ2n) is 7.24. The van der Waals surface area contributed by atoms with Gasteiger partial charge in [-0.3, -0.25) is 0 Å². The van der Waals surface area contributed by atoms with Crippen LogP contribution in [0.5, 0.6) is 11.5 Å². The lowest BCUT2D eigenvalue weighted by Gasteiger charge is -2.24. The van der Waals surface area contributed by atoms with Crippen LogP contribution < -0.4 is 9.47 Å². The fourth-order valence-electron chi connectivity index (χ4n) is 3.64. The molecular weight excluding hydrogens is 398 g/mol. The lowest BCUT2D eigenvalue weighted by molar-refractivity contribution is -0.00114. The van der Waals surface area contributed by atoms with Gasteiger partial charge in [-0.2, -0.15) is 4.98 Å². The van der Waals surface area contributed by atoms with E-state index in [9.17, 15) is 0 Å². The van der Waals surface area contributed by atoms with Gasteiger partial charge >= 0.3 is 0 Å². The van der Waals surface area contributed by atoms with Crippen LogP contribution in [0, 0.1) is 6.92 Å². The Balaban J connectivity index is 1.39. The van der Waals surface area contributed by atoms with Gasteiger partial charge in [-0.25, -0.2) is 4.68 Å². The zero-order chi connectivity index (χ0) is 21.4. The van der Waals surface area contributed by atoms with Crippen LogP contribution in [0.1, 0.15) is 22.9 Å². The molecule has 0 radical (unpaired) electrons. The second kappa shape index (κ2) is 7.84. The average molecular weight is 419 g/mol. The van der Waals surface area contributed by atoms with E-state index in [1.165, 1.54) is 0 Å². The number of hydrogen-bond donors (Lipinski definition) is 0. The molecule has 0 saturated heterocycles. The number of ether oxygens (including phenoxy) is 3. The van der Waals surface area contributed by atoms with Crippen LogP contribution in [0.2, 0.25) is 0 Å². The third-order valence-electron chi connectivity index (χ3n) is 5.39. The van der Waals surface area contributed by atoms with Gasteiger partial charge in [0.1, 0.15) is 17.6 Å². The van der Waals surface area contributed by atoms with Gasteiger partial charge in [0.2, 0.25) is 5.82 Å². The standard InChI is InChI=1S/C22H21N5O4/c1-13-10-16(29-3)8-9-17(13)22-23-21(25-31-22)20-18-12-30-19(11-27(18)26-24-20)14-4-6-15(28-2)7-5-14/h4-10,19H,11-12H2,1-3H3/t19-/m1/s1. The largest absolute Gasteiger partial charge is 0.497 e. The molecule has 0 N–H and O–H groups in total. The zero-order valence-electron chi connectivity index (χ0n) is 17.4. The monoisotopic (exact) mass is 419 g/mol. The molecule has 1 aliphatic heterocycles. The Morgan fingerprint density at radius 2 is 1.81 bits per heavy atom. The van der Waals surface area contributed by atoms with E-state index < -0.39 is 0 Å². The summed E-state index contributed by atoms with van der Waals surface area (Å²) in [5.74, 6) is 2.39. The Kier molecular flexibility index (Phi) is 4.87.